The van der Waals surface area contributed by atoms with Crippen molar-refractivity contribution in [2.24, 2.45) is 0 Å². The molecule has 0 amide bonds. The van der Waals surface area contributed by atoms with Gasteiger partial charge in [0.15, 0.2) is 0 Å². The lowest BCUT2D eigenvalue weighted by atomic mass is 10.1. The Hall–Kier alpha value is -0.400. The van der Waals surface area contributed by atoms with Crippen LogP contribution in [0.2, 0.25) is 0 Å². The summed E-state index contributed by atoms with van der Waals surface area (Å²) in [6, 6.07) is 8.08. The molecule has 1 unspecified atom stereocenters. The maximum atomic E-state index is 10.5. The van der Waals surface area contributed by atoms with Crippen LogP contribution < -0.4 is 0 Å². The first-order valence-corrected chi connectivity index (χ1v) is 7.54. The molecule has 0 aliphatic rings. The first kappa shape index (κ1) is 14.0. The van der Waals surface area contributed by atoms with Crippen molar-refractivity contribution in [3.63, 3.8) is 0 Å². The molecule has 1 N–H and O–H groups in total. The van der Waals surface area contributed by atoms with Crippen molar-refractivity contribution in [1.82, 2.24) is 9.78 Å². The summed E-state index contributed by atoms with van der Waals surface area (Å²) in [6.07, 6.45) is 1.06. The smallest absolute Gasteiger partial charge is 0.122 e. The zero-order valence-electron chi connectivity index (χ0n) is 10.1. The van der Waals surface area contributed by atoms with Crippen LogP contribution in [0, 0.1) is 3.57 Å². The maximum Gasteiger partial charge on any atom is 0.122 e. The Morgan fingerprint density at radius 1 is 1.39 bits per heavy atom. The molecular weight excluding hydrogens is 407 g/mol. The first-order valence-electron chi connectivity index (χ1n) is 5.67. The Bertz CT molecular complexity index is 554. The number of hydrogen-bond acceptors (Lipinski definition) is 2. The molecule has 0 fully saturated rings. The van der Waals surface area contributed by atoms with Gasteiger partial charge in [0, 0.05) is 9.61 Å². The van der Waals surface area contributed by atoms with Gasteiger partial charge in [-0.25, -0.2) is 0 Å². The van der Waals surface area contributed by atoms with Crippen molar-refractivity contribution in [3.05, 3.63) is 49.8 Å². The molecule has 5 heteroatoms. The number of rotatable bonds is 3. The monoisotopic (exact) mass is 420 g/mol. The molecule has 2 rings (SSSR count). The minimum absolute atomic E-state index is 0.212. The fraction of sp³-hybridized carbons (Fsp3) is 0.308. The molecule has 2 aromatic rings. The molecule has 0 bridgehead atoms. The highest BCUT2D eigenvalue weighted by molar-refractivity contribution is 14.1. The largest absolute Gasteiger partial charge is 0.382 e. The fourth-order valence-corrected chi connectivity index (χ4v) is 2.91. The van der Waals surface area contributed by atoms with Crippen LogP contribution in [0.4, 0.5) is 0 Å². The summed E-state index contributed by atoms with van der Waals surface area (Å²) in [6.45, 7) is 4.09. The van der Waals surface area contributed by atoms with Crippen LogP contribution >= 0.6 is 38.5 Å². The molecule has 18 heavy (non-hydrogen) atoms. The molecule has 0 aliphatic carbocycles. The Balaban J connectivity index is 2.45. The zero-order valence-corrected chi connectivity index (χ0v) is 13.9. The number of aromatic nitrogens is 2. The van der Waals surface area contributed by atoms with Gasteiger partial charge in [0.1, 0.15) is 6.10 Å². The van der Waals surface area contributed by atoms with E-state index in [9.17, 15) is 5.11 Å². The third-order valence-corrected chi connectivity index (χ3v) is 3.98. The highest BCUT2D eigenvalue weighted by Crippen LogP contribution is 2.30. The minimum Gasteiger partial charge on any atom is -0.382 e. The van der Waals surface area contributed by atoms with Crippen LogP contribution in [0.1, 0.15) is 37.3 Å². The van der Waals surface area contributed by atoms with E-state index in [1.807, 2.05) is 42.8 Å². The fourth-order valence-electron chi connectivity index (χ4n) is 1.85. The van der Waals surface area contributed by atoms with Crippen LogP contribution in [-0.2, 0) is 0 Å². The Morgan fingerprint density at radius 3 is 2.72 bits per heavy atom. The number of nitrogens with zero attached hydrogens (tertiary/aromatic N) is 2. The van der Waals surface area contributed by atoms with Crippen molar-refractivity contribution in [3.8, 4) is 0 Å². The molecule has 1 heterocycles. The van der Waals surface area contributed by atoms with Crippen molar-refractivity contribution in [2.45, 2.75) is 26.0 Å². The van der Waals surface area contributed by atoms with E-state index < -0.39 is 6.10 Å². The van der Waals surface area contributed by atoms with Gasteiger partial charge in [0.2, 0.25) is 0 Å². The summed E-state index contributed by atoms with van der Waals surface area (Å²) < 4.78 is 3.78. The van der Waals surface area contributed by atoms with Crippen molar-refractivity contribution in [2.75, 3.05) is 0 Å². The van der Waals surface area contributed by atoms with Gasteiger partial charge in [-0.15, -0.1) is 0 Å². The van der Waals surface area contributed by atoms with E-state index in [1.54, 1.807) is 6.20 Å². The second kappa shape index (κ2) is 5.71. The number of aliphatic hydroxyl groups is 1. The van der Waals surface area contributed by atoms with Gasteiger partial charge in [-0.3, -0.25) is 4.68 Å². The van der Waals surface area contributed by atoms with Crippen LogP contribution in [0.5, 0.6) is 0 Å². The predicted octanol–water partition coefficient (Wildman–Crippen LogP) is 3.91. The van der Waals surface area contributed by atoms with E-state index in [0.717, 1.165) is 19.3 Å². The molecule has 0 radical (unpaired) electrons. The highest BCUT2D eigenvalue weighted by Gasteiger charge is 2.20. The zero-order chi connectivity index (χ0) is 13.3. The van der Waals surface area contributed by atoms with E-state index in [0.29, 0.717) is 0 Å². The Labute approximate surface area is 128 Å². The second-order valence-electron chi connectivity index (χ2n) is 4.37. The normalized spacial score (nSPS) is 13.0. The summed E-state index contributed by atoms with van der Waals surface area (Å²) in [5.74, 6) is 0. The lowest BCUT2D eigenvalue weighted by molar-refractivity contribution is 0.204. The molecule has 1 atom stereocenters. The van der Waals surface area contributed by atoms with E-state index in [-0.39, 0.29) is 6.04 Å². The lowest BCUT2D eigenvalue weighted by Crippen LogP contribution is -2.12. The predicted molar refractivity (Wildman–Crippen MR) is 83.5 cm³/mol. The average molecular weight is 421 g/mol. The number of benzene rings is 1. The van der Waals surface area contributed by atoms with E-state index >= 15 is 0 Å². The third-order valence-electron chi connectivity index (χ3n) is 2.70. The summed E-state index contributed by atoms with van der Waals surface area (Å²) in [4.78, 5) is 0. The summed E-state index contributed by atoms with van der Waals surface area (Å²) >= 11 is 5.70. The third kappa shape index (κ3) is 2.78. The van der Waals surface area contributed by atoms with Gasteiger partial charge in [0.05, 0.1) is 16.4 Å². The number of aliphatic hydroxyl groups excluding tert-OH is 1. The van der Waals surface area contributed by atoms with Gasteiger partial charge in [-0.05, 0) is 70.1 Å². The highest BCUT2D eigenvalue weighted by atomic mass is 127. The van der Waals surface area contributed by atoms with Crippen LogP contribution in [-0.4, -0.2) is 14.9 Å². The average Bonchev–Trinajstić information content (AvgIpc) is 2.70. The SMILES string of the molecule is CC(C)n1ncc(Br)c1C(O)c1cccc(I)c1. The van der Waals surface area contributed by atoms with Gasteiger partial charge in [-0.1, -0.05) is 12.1 Å². The molecule has 0 aliphatic heterocycles. The lowest BCUT2D eigenvalue weighted by Gasteiger charge is -2.17. The molecule has 0 spiro atoms. The van der Waals surface area contributed by atoms with E-state index in [4.69, 9.17) is 0 Å². The van der Waals surface area contributed by atoms with Crippen molar-refractivity contribution < 1.29 is 5.11 Å². The minimum atomic E-state index is -0.668. The number of hydrogen-bond donors (Lipinski definition) is 1. The molecule has 1 aromatic carbocycles. The van der Waals surface area contributed by atoms with Crippen molar-refractivity contribution >= 4 is 38.5 Å². The van der Waals surface area contributed by atoms with Crippen LogP contribution in [0.25, 0.3) is 0 Å². The standard InChI is InChI=1S/C13H14BrIN2O/c1-8(2)17-12(11(14)7-16-17)13(18)9-4-3-5-10(15)6-9/h3-8,13,18H,1-2H3. The molecule has 0 saturated carbocycles. The van der Waals surface area contributed by atoms with Gasteiger partial charge >= 0.3 is 0 Å². The quantitative estimate of drug-likeness (QED) is 0.764. The van der Waals surface area contributed by atoms with E-state index in [2.05, 4.69) is 43.6 Å². The van der Waals surface area contributed by atoms with Crippen LogP contribution in [0.3, 0.4) is 0 Å². The Kier molecular flexibility index (Phi) is 4.45. The Morgan fingerprint density at radius 2 is 2.11 bits per heavy atom. The first-order chi connectivity index (χ1) is 8.50. The van der Waals surface area contributed by atoms with Crippen LogP contribution in [0.15, 0.2) is 34.9 Å². The molecule has 3 nitrogen and oxygen atoms in total. The molecule has 1 aromatic heterocycles. The maximum absolute atomic E-state index is 10.5. The van der Waals surface area contributed by atoms with Crippen molar-refractivity contribution in [1.29, 1.82) is 0 Å². The second-order valence-corrected chi connectivity index (χ2v) is 6.47. The topological polar surface area (TPSA) is 38.0 Å². The summed E-state index contributed by atoms with van der Waals surface area (Å²) in [7, 11) is 0. The van der Waals surface area contributed by atoms with E-state index in [1.165, 1.54) is 0 Å². The molecule has 96 valence electrons. The molecule has 0 saturated heterocycles. The number of halogens is 2. The molecular formula is C13H14BrIN2O. The summed E-state index contributed by atoms with van der Waals surface area (Å²) in [5, 5.41) is 14.8. The van der Waals surface area contributed by atoms with Gasteiger partial charge < -0.3 is 5.11 Å². The summed E-state index contributed by atoms with van der Waals surface area (Å²) in [5.41, 5.74) is 1.68. The van der Waals surface area contributed by atoms with Gasteiger partial charge in [0.25, 0.3) is 0 Å². The van der Waals surface area contributed by atoms with Gasteiger partial charge in [-0.2, -0.15) is 5.10 Å².